The Hall–Kier alpha value is -3.14. The van der Waals surface area contributed by atoms with Gasteiger partial charge in [0.15, 0.2) is 0 Å². The molecule has 0 aliphatic carbocycles. The van der Waals surface area contributed by atoms with E-state index >= 15 is 0 Å². The van der Waals surface area contributed by atoms with Gasteiger partial charge in [0.05, 0.1) is 6.04 Å². The molecule has 0 heterocycles. The summed E-state index contributed by atoms with van der Waals surface area (Å²) < 4.78 is 0. The molecule has 1 rings (SSSR count). The maximum atomic E-state index is 13.1. The standard InChI is InChI=1S/C24H38N4O6/c1-13(2)10-18(25)21(30)27-19(11-14(3)4)23(32)28-20(22(31)26-15(5)24(33)34)12-16-6-8-17(29)9-7-16/h6-9,13-15,18-20,29H,10-12,25H2,1-5H3,(H,26,31)(H,27,30)(H,28,32)(H,33,34). The van der Waals surface area contributed by atoms with Gasteiger partial charge in [-0.25, -0.2) is 0 Å². The molecule has 0 saturated heterocycles. The smallest absolute Gasteiger partial charge is 0.325 e. The van der Waals surface area contributed by atoms with E-state index in [1.807, 2.05) is 27.7 Å². The van der Waals surface area contributed by atoms with Gasteiger partial charge in [0.1, 0.15) is 23.9 Å². The molecule has 4 atom stereocenters. The van der Waals surface area contributed by atoms with E-state index in [0.29, 0.717) is 18.4 Å². The first-order valence-corrected chi connectivity index (χ1v) is 11.5. The Bertz CT molecular complexity index is 840. The average Bonchev–Trinajstić information content (AvgIpc) is 2.73. The molecule has 4 unspecified atom stereocenters. The molecule has 0 bridgehead atoms. The number of amides is 3. The van der Waals surface area contributed by atoms with E-state index < -0.39 is 47.9 Å². The van der Waals surface area contributed by atoms with Crippen LogP contribution in [-0.4, -0.2) is 58.1 Å². The number of benzene rings is 1. The number of phenols is 1. The van der Waals surface area contributed by atoms with Gasteiger partial charge < -0.3 is 31.9 Å². The van der Waals surface area contributed by atoms with E-state index in [4.69, 9.17) is 10.8 Å². The molecule has 0 spiro atoms. The summed E-state index contributed by atoms with van der Waals surface area (Å²) in [5.41, 5.74) is 6.60. The maximum Gasteiger partial charge on any atom is 0.325 e. The highest BCUT2D eigenvalue weighted by Gasteiger charge is 2.30. The van der Waals surface area contributed by atoms with Gasteiger partial charge in [-0.15, -0.1) is 0 Å². The molecule has 1 aromatic rings. The van der Waals surface area contributed by atoms with Crippen molar-refractivity contribution < 1.29 is 29.4 Å². The second kappa shape index (κ2) is 13.5. The third-order valence-electron chi connectivity index (χ3n) is 5.14. The third-order valence-corrected chi connectivity index (χ3v) is 5.14. The lowest BCUT2D eigenvalue weighted by molar-refractivity contribution is -0.141. The monoisotopic (exact) mass is 478 g/mol. The molecule has 3 amide bonds. The van der Waals surface area contributed by atoms with E-state index in [0.717, 1.165) is 0 Å². The van der Waals surface area contributed by atoms with E-state index in [1.165, 1.54) is 19.1 Å². The first-order chi connectivity index (χ1) is 15.8. The molecule has 7 N–H and O–H groups in total. The largest absolute Gasteiger partial charge is 0.508 e. The number of rotatable bonds is 13. The van der Waals surface area contributed by atoms with Crippen molar-refractivity contribution in [3.8, 4) is 5.75 Å². The van der Waals surface area contributed by atoms with Crippen molar-refractivity contribution in [1.82, 2.24) is 16.0 Å². The summed E-state index contributed by atoms with van der Waals surface area (Å²) in [5, 5.41) is 26.3. The molecule has 0 fully saturated rings. The van der Waals surface area contributed by atoms with Gasteiger partial charge in [-0.2, -0.15) is 0 Å². The fourth-order valence-electron chi connectivity index (χ4n) is 3.32. The van der Waals surface area contributed by atoms with Gasteiger partial charge in [-0.05, 0) is 49.3 Å². The van der Waals surface area contributed by atoms with Crippen molar-refractivity contribution >= 4 is 23.7 Å². The summed E-state index contributed by atoms with van der Waals surface area (Å²) >= 11 is 0. The van der Waals surface area contributed by atoms with Crippen LogP contribution >= 0.6 is 0 Å². The van der Waals surface area contributed by atoms with Crippen LogP contribution in [0.15, 0.2) is 24.3 Å². The van der Waals surface area contributed by atoms with Crippen LogP contribution in [0.25, 0.3) is 0 Å². The zero-order valence-electron chi connectivity index (χ0n) is 20.5. The van der Waals surface area contributed by atoms with Crippen LogP contribution in [0.1, 0.15) is 53.0 Å². The van der Waals surface area contributed by atoms with Gasteiger partial charge >= 0.3 is 5.97 Å². The fraction of sp³-hybridized carbons (Fsp3) is 0.583. The predicted octanol–water partition coefficient (Wildman–Crippen LogP) is 0.913. The Labute approximate surface area is 200 Å². The Morgan fingerprint density at radius 2 is 1.29 bits per heavy atom. The first kappa shape index (κ1) is 28.9. The highest BCUT2D eigenvalue weighted by atomic mass is 16.4. The average molecular weight is 479 g/mol. The zero-order valence-corrected chi connectivity index (χ0v) is 20.5. The number of hydrogen-bond donors (Lipinski definition) is 6. The Morgan fingerprint density at radius 1 is 0.794 bits per heavy atom. The number of carboxylic acids is 1. The van der Waals surface area contributed by atoms with Crippen LogP contribution < -0.4 is 21.7 Å². The Balaban J connectivity index is 3.07. The quantitative estimate of drug-likeness (QED) is 0.245. The predicted molar refractivity (Wildman–Crippen MR) is 128 cm³/mol. The minimum Gasteiger partial charge on any atom is -0.508 e. The van der Waals surface area contributed by atoms with Crippen molar-refractivity contribution in [2.75, 3.05) is 0 Å². The number of carboxylic acid groups (broad SMARTS) is 1. The number of hydrogen-bond acceptors (Lipinski definition) is 6. The number of carbonyl (C=O) groups excluding carboxylic acids is 3. The highest BCUT2D eigenvalue weighted by Crippen LogP contribution is 2.13. The number of phenolic OH excluding ortho intramolecular Hbond substituents is 1. The molecule has 10 nitrogen and oxygen atoms in total. The summed E-state index contributed by atoms with van der Waals surface area (Å²) in [6, 6.07) is 2.14. The van der Waals surface area contributed by atoms with Crippen molar-refractivity contribution in [1.29, 1.82) is 0 Å². The molecule has 0 aromatic heterocycles. The molecule has 0 saturated carbocycles. The second-order valence-corrected chi connectivity index (χ2v) is 9.43. The molecule has 10 heteroatoms. The zero-order chi connectivity index (χ0) is 26.0. The number of nitrogens with one attached hydrogen (secondary N) is 3. The molecule has 190 valence electrons. The fourth-order valence-corrected chi connectivity index (χ4v) is 3.32. The summed E-state index contributed by atoms with van der Waals surface area (Å²) in [6.07, 6.45) is 0.839. The SMILES string of the molecule is CC(C)CC(N)C(=O)NC(CC(C)C)C(=O)NC(Cc1ccc(O)cc1)C(=O)NC(C)C(=O)O. The van der Waals surface area contributed by atoms with Crippen LogP contribution in [-0.2, 0) is 25.6 Å². The van der Waals surface area contributed by atoms with Crippen molar-refractivity contribution in [3.05, 3.63) is 29.8 Å². The summed E-state index contributed by atoms with van der Waals surface area (Å²) in [7, 11) is 0. The Morgan fingerprint density at radius 3 is 1.79 bits per heavy atom. The van der Waals surface area contributed by atoms with Gasteiger partial charge in [0, 0.05) is 6.42 Å². The first-order valence-electron chi connectivity index (χ1n) is 11.5. The molecular formula is C24H38N4O6. The number of carbonyl (C=O) groups is 4. The van der Waals surface area contributed by atoms with Crippen LogP contribution in [0.3, 0.4) is 0 Å². The summed E-state index contributed by atoms with van der Waals surface area (Å²) in [6.45, 7) is 9.00. The van der Waals surface area contributed by atoms with Gasteiger partial charge in [-0.1, -0.05) is 39.8 Å². The van der Waals surface area contributed by atoms with Gasteiger partial charge in [0.25, 0.3) is 0 Å². The highest BCUT2D eigenvalue weighted by molar-refractivity contribution is 5.94. The van der Waals surface area contributed by atoms with Crippen molar-refractivity contribution in [3.63, 3.8) is 0 Å². The van der Waals surface area contributed by atoms with Crippen molar-refractivity contribution in [2.45, 2.75) is 78.0 Å². The van der Waals surface area contributed by atoms with E-state index in [2.05, 4.69) is 16.0 Å². The summed E-state index contributed by atoms with van der Waals surface area (Å²) in [5.74, 6) is -2.60. The Kier molecular flexibility index (Phi) is 11.5. The van der Waals surface area contributed by atoms with Crippen LogP contribution in [0, 0.1) is 11.8 Å². The van der Waals surface area contributed by atoms with Gasteiger partial charge in [-0.3, -0.25) is 19.2 Å². The molecule has 0 aliphatic heterocycles. The lowest BCUT2D eigenvalue weighted by Gasteiger charge is -2.26. The molecule has 0 aliphatic rings. The maximum absolute atomic E-state index is 13.1. The number of aliphatic carboxylic acids is 1. The minimum absolute atomic E-state index is 0.0470. The van der Waals surface area contributed by atoms with E-state index in [1.54, 1.807) is 12.1 Å². The number of nitrogens with two attached hydrogens (primary N) is 1. The molecular weight excluding hydrogens is 440 g/mol. The van der Waals surface area contributed by atoms with Gasteiger partial charge in [0.2, 0.25) is 17.7 Å². The van der Waals surface area contributed by atoms with E-state index in [9.17, 15) is 24.3 Å². The third kappa shape index (κ3) is 10.2. The lowest BCUT2D eigenvalue weighted by Crippen LogP contribution is -2.57. The lowest BCUT2D eigenvalue weighted by atomic mass is 9.99. The normalized spacial score (nSPS) is 14.7. The minimum atomic E-state index is -1.22. The van der Waals surface area contributed by atoms with E-state index in [-0.39, 0.29) is 24.0 Å². The number of aromatic hydroxyl groups is 1. The topological polar surface area (TPSA) is 171 Å². The van der Waals surface area contributed by atoms with Crippen LogP contribution in [0.2, 0.25) is 0 Å². The molecule has 34 heavy (non-hydrogen) atoms. The second-order valence-electron chi connectivity index (χ2n) is 9.43. The van der Waals surface area contributed by atoms with Crippen LogP contribution in [0.5, 0.6) is 5.75 Å². The summed E-state index contributed by atoms with van der Waals surface area (Å²) in [4.78, 5) is 49.7. The van der Waals surface area contributed by atoms with Crippen molar-refractivity contribution in [2.24, 2.45) is 17.6 Å². The molecule has 1 aromatic carbocycles. The van der Waals surface area contributed by atoms with Crippen LogP contribution in [0.4, 0.5) is 0 Å². The molecule has 0 radical (unpaired) electrons.